The molecular formula is C34H38N4O. The van der Waals surface area contributed by atoms with Gasteiger partial charge in [0.05, 0.1) is 5.69 Å². The zero-order chi connectivity index (χ0) is 27.9. The summed E-state index contributed by atoms with van der Waals surface area (Å²) >= 11 is 0. The zero-order valence-electron chi connectivity index (χ0n) is 23.1. The molecular weight excluding hydrogens is 480 g/mol. The second-order valence-electron chi connectivity index (χ2n) is 9.04. The Hall–Kier alpha value is -4.56. The predicted molar refractivity (Wildman–Crippen MR) is 164 cm³/mol. The third-order valence-corrected chi connectivity index (χ3v) is 5.84. The van der Waals surface area contributed by atoms with Gasteiger partial charge in [-0.3, -0.25) is 4.79 Å². The highest BCUT2D eigenvalue weighted by Gasteiger charge is 2.10. The van der Waals surface area contributed by atoms with Crippen LogP contribution in [-0.4, -0.2) is 22.4 Å². The molecule has 0 aliphatic rings. The molecule has 0 unspecified atom stereocenters. The van der Waals surface area contributed by atoms with Crippen LogP contribution in [0, 0.1) is 11.8 Å². The number of nitrogens with two attached hydrogens (primary N) is 1. The van der Waals surface area contributed by atoms with Gasteiger partial charge in [-0.1, -0.05) is 74.6 Å². The van der Waals surface area contributed by atoms with Crippen LogP contribution in [0.25, 0.3) is 22.2 Å². The summed E-state index contributed by atoms with van der Waals surface area (Å²) in [5.74, 6) is 6.05. The Morgan fingerprint density at radius 3 is 2.44 bits per heavy atom. The zero-order valence-corrected chi connectivity index (χ0v) is 23.1. The Kier molecular flexibility index (Phi) is 11.6. The van der Waals surface area contributed by atoms with Crippen molar-refractivity contribution in [2.45, 2.75) is 46.5 Å². The number of rotatable bonds is 6. The molecule has 0 spiro atoms. The fraction of sp³-hybridized carbons (Fsp3) is 0.235. The lowest BCUT2D eigenvalue weighted by Gasteiger charge is -2.03. The quantitative estimate of drug-likeness (QED) is 0.183. The fourth-order valence-corrected chi connectivity index (χ4v) is 3.92. The summed E-state index contributed by atoms with van der Waals surface area (Å²) in [5.41, 5.74) is 11.8. The van der Waals surface area contributed by atoms with Crippen molar-refractivity contribution in [3.8, 4) is 23.1 Å². The van der Waals surface area contributed by atoms with Crippen LogP contribution in [0.4, 0.5) is 5.69 Å². The Labute approximate surface area is 232 Å². The van der Waals surface area contributed by atoms with Crippen molar-refractivity contribution in [2.75, 3.05) is 12.3 Å². The number of nitrogen functional groups attached to an aromatic ring is 1. The minimum absolute atomic E-state index is 0.232. The summed E-state index contributed by atoms with van der Waals surface area (Å²) in [6.07, 6.45) is 6.17. The van der Waals surface area contributed by atoms with Gasteiger partial charge in [-0.15, -0.1) is 0 Å². The van der Waals surface area contributed by atoms with Gasteiger partial charge in [-0.2, -0.15) is 0 Å². The number of H-pyrrole nitrogens is 1. The number of fused-ring (bicyclic) bond motifs is 1. The van der Waals surface area contributed by atoms with Gasteiger partial charge < -0.3 is 16.0 Å². The molecule has 0 radical (unpaired) electrons. The monoisotopic (exact) mass is 518 g/mol. The first-order valence-corrected chi connectivity index (χ1v) is 13.6. The van der Waals surface area contributed by atoms with E-state index >= 15 is 0 Å². The van der Waals surface area contributed by atoms with Crippen LogP contribution in [0.5, 0.6) is 0 Å². The van der Waals surface area contributed by atoms with E-state index < -0.39 is 0 Å². The molecule has 0 aliphatic heterocycles. The highest BCUT2D eigenvalue weighted by atomic mass is 16.1. The topological polar surface area (TPSA) is 83.8 Å². The van der Waals surface area contributed by atoms with Gasteiger partial charge in [0.15, 0.2) is 0 Å². The largest absolute Gasteiger partial charge is 0.399 e. The molecule has 0 saturated carbocycles. The SMILES string of the molecule is CCCC#Cc1ccccc(-c2c[nH]c3ccc(N)cc23)nc(C(=O)NCC)cc1.CCCc1ccccc1. The molecule has 4 rings (SSSR count). The van der Waals surface area contributed by atoms with Crippen LogP contribution in [0.2, 0.25) is 0 Å². The molecule has 0 aliphatic carbocycles. The van der Waals surface area contributed by atoms with Gasteiger partial charge in [0.1, 0.15) is 5.69 Å². The molecule has 5 heteroatoms. The number of unbranched alkanes of at least 4 members (excludes halogenated alkanes) is 1. The van der Waals surface area contributed by atoms with Gasteiger partial charge >= 0.3 is 0 Å². The summed E-state index contributed by atoms with van der Waals surface area (Å²) < 4.78 is 0. The first-order valence-electron chi connectivity index (χ1n) is 13.6. The lowest BCUT2D eigenvalue weighted by molar-refractivity contribution is 0.0951. The highest BCUT2D eigenvalue weighted by molar-refractivity contribution is 5.97. The number of amides is 1. The predicted octanol–water partition coefficient (Wildman–Crippen LogP) is 7.48. The van der Waals surface area contributed by atoms with Crippen molar-refractivity contribution >= 4 is 22.5 Å². The molecule has 4 N–H and O–H groups in total. The van der Waals surface area contributed by atoms with E-state index in [1.807, 2.05) is 61.7 Å². The van der Waals surface area contributed by atoms with E-state index in [-0.39, 0.29) is 5.91 Å². The van der Waals surface area contributed by atoms with E-state index in [1.165, 1.54) is 18.4 Å². The van der Waals surface area contributed by atoms with E-state index in [1.54, 1.807) is 6.07 Å². The number of carbonyl (C=O) groups is 1. The van der Waals surface area contributed by atoms with Crippen molar-refractivity contribution in [3.63, 3.8) is 0 Å². The number of anilines is 1. The first-order chi connectivity index (χ1) is 19.0. The molecule has 200 valence electrons. The van der Waals surface area contributed by atoms with Crippen molar-refractivity contribution < 1.29 is 4.79 Å². The van der Waals surface area contributed by atoms with E-state index in [4.69, 9.17) is 10.7 Å². The maximum atomic E-state index is 12.6. The number of nitrogens with one attached hydrogen (secondary N) is 2. The lowest BCUT2D eigenvalue weighted by Crippen LogP contribution is -2.23. The Morgan fingerprint density at radius 2 is 1.69 bits per heavy atom. The molecule has 2 heterocycles. The van der Waals surface area contributed by atoms with Gasteiger partial charge in [-0.05, 0) is 67.8 Å². The smallest absolute Gasteiger partial charge is 0.269 e. The van der Waals surface area contributed by atoms with E-state index in [2.05, 4.69) is 66.3 Å². The second-order valence-corrected chi connectivity index (χ2v) is 9.04. The summed E-state index contributed by atoms with van der Waals surface area (Å²) in [4.78, 5) is 20.6. The number of aryl methyl sites for hydroxylation is 1. The summed E-state index contributed by atoms with van der Waals surface area (Å²) in [5, 5.41) is 3.78. The average Bonchev–Trinajstić information content (AvgIpc) is 3.36. The number of hydrogen-bond donors (Lipinski definition) is 3. The molecule has 2 aromatic heterocycles. The normalized spacial score (nSPS) is 9.92. The fourth-order valence-electron chi connectivity index (χ4n) is 3.92. The third-order valence-electron chi connectivity index (χ3n) is 5.84. The number of aromatic nitrogens is 2. The van der Waals surface area contributed by atoms with Crippen LogP contribution < -0.4 is 11.1 Å². The number of carbonyl (C=O) groups excluding carboxylic acids is 1. The van der Waals surface area contributed by atoms with E-state index in [0.717, 1.165) is 34.9 Å². The minimum Gasteiger partial charge on any atom is -0.399 e. The summed E-state index contributed by atoms with van der Waals surface area (Å²) in [6, 6.07) is 27.5. The van der Waals surface area contributed by atoms with Crippen molar-refractivity contribution in [1.82, 2.24) is 15.3 Å². The maximum Gasteiger partial charge on any atom is 0.269 e. The Balaban J connectivity index is 0.000000395. The standard InChI is InChI=1S/C25H26N4O.C9H12/c1-3-5-6-9-18-10-7-8-11-23(29-24(14-12-18)25(30)27-4-2)21-17-28-22-15-13-19(26)16-20(21)22;1-2-6-9-7-4-3-5-8-9/h7-8,10-17,28H,3-5,26H2,1-2H3,(H,27,30);3-5,7-8H,2,6H2,1H3. The number of aromatic amines is 1. The lowest BCUT2D eigenvalue weighted by atomic mass is 10.1. The molecule has 0 bridgehead atoms. The van der Waals surface area contributed by atoms with Gasteiger partial charge in [0, 0.05) is 46.9 Å². The van der Waals surface area contributed by atoms with Gasteiger partial charge in [0.25, 0.3) is 5.91 Å². The van der Waals surface area contributed by atoms with Crippen molar-refractivity contribution in [3.05, 3.63) is 108 Å². The molecule has 39 heavy (non-hydrogen) atoms. The molecule has 4 aromatic rings. The average molecular weight is 519 g/mol. The van der Waals surface area contributed by atoms with E-state index in [9.17, 15) is 4.79 Å². The Bertz CT molecular complexity index is 1480. The van der Waals surface area contributed by atoms with Crippen molar-refractivity contribution in [2.24, 2.45) is 0 Å². The van der Waals surface area contributed by atoms with E-state index in [0.29, 0.717) is 23.6 Å². The number of nitrogens with zero attached hydrogens (tertiary/aromatic N) is 1. The summed E-state index contributed by atoms with van der Waals surface area (Å²) in [6.45, 7) is 6.70. The Morgan fingerprint density at radius 1 is 0.923 bits per heavy atom. The van der Waals surface area contributed by atoms with Crippen LogP contribution in [0.1, 0.15) is 61.6 Å². The van der Waals surface area contributed by atoms with Crippen LogP contribution in [0.15, 0.2) is 91.1 Å². The molecule has 1 amide bonds. The van der Waals surface area contributed by atoms with Crippen LogP contribution in [0.3, 0.4) is 0 Å². The molecule has 0 atom stereocenters. The number of benzene rings is 2. The van der Waals surface area contributed by atoms with Crippen molar-refractivity contribution in [1.29, 1.82) is 0 Å². The molecule has 0 fully saturated rings. The van der Waals surface area contributed by atoms with Crippen LogP contribution >= 0.6 is 0 Å². The first kappa shape index (κ1) is 29.0. The van der Waals surface area contributed by atoms with Gasteiger partial charge in [0.2, 0.25) is 0 Å². The molecule has 0 saturated heterocycles. The highest BCUT2D eigenvalue weighted by Crippen LogP contribution is 2.28. The molecule has 2 aromatic carbocycles. The summed E-state index contributed by atoms with van der Waals surface area (Å²) in [7, 11) is 0. The number of hydrogen-bond acceptors (Lipinski definition) is 3. The minimum atomic E-state index is -0.232. The van der Waals surface area contributed by atoms with Crippen LogP contribution in [-0.2, 0) is 6.42 Å². The maximum absolute atomic E-state index is 12.6. The second kappa shape index (κ2) is 15.6. The third kappa shape index (κ3) is 9.05. The van der Waals surface area contributed by atoms with Gasteiger partial charge in [-0.25, -0.2) is 4.98 Å². The molecule has 5 nitrogen and oxygen atoms in total.